The Balaban J connectivity index is 1.70. The fraction of sp³-hybridized carbons (Fsp3) is 0.474. The molecule has 1 saturated heterocycles. The van der Waals surface area contributed by atoms with Crippen LogP contribution in [0.3, 0.4) is 0 Å². The SMILES string of the molecule is CC(C)(C)c1ccc(S(=O)(=O)N2CCC(c3nc(C(=O)O)cs3)CC2)cc1. The highest BCUT2D eigenvalue weighted by Crippen LogP contribution is 2.33. The van der Waals surface area contributed by atoms with E-state index in [9.17, 15) is 13.2 Å². The molecule has 1 fully saturated rings. The van der Waals surface area contributed by atoms with Crippen molar-refractivity contribution in [3.05, 3.63) is 45.9 Å². The minimum atomic E-state index is -3.52. The second kappa shape index (κ2) is 7.33. The van der Waals surface area contributed by atoms with E-state index in [1.165, 1.54) is 21.0 Å². The Kier molecular flexibility index (Phi) is 5.42. The van der Waals surface area contributed by atoms with Crippen molar-refractivity contribution in [3.8, 4) is 0 Å². The average molecular weight is 409 g/mol. The first kappa shape index (κ1) is 20.0. The normalized spacial score (nSPS) is 17.1. The standard InChI is InChI=1S/C19H24N2O4S2/c1-19(2,3)14-4-6-15(7-5-14)27(24,25)21-10-8-13(9-11-21)17-20-16(12-26-17)18(22)23/h4-7,12-13H,8-11H2,1-3H3,(H,22,23). The predicted octanol–water partition coefficient (Wildman–Crippen LogP) is 3.71. The molecular formula is C19H24N2O4S2. The molecule has 0 radical (unpaired) electrons. The molecule has 1 aromatic heterocycles. The minimum absolute atomic E-state index is 0.0247. The van der Waals surface area contributed by atoms with Crippen LogP contribution in [0.2, 0.25) is 0 Å². The first-order valence-corrected chi connectivity index (χ1v) is 11.2. The lowest BCUT2D eigenvalue weighted by Gasteiger charge is -2.30. The lowest BCUT2D eigenvalue weighted by molar-refractivity contribution is 0.0691. The predicted molar refractivity (Wildman–Crippen MR) is 105 cm³/mol. The Hall–Kier alpha value is -1.77. The van der Waals surface area contributed by atoms with Crippen molar-refractivity contribution >= 4 is 27.3 Å². The molecule has 6 nitrogen and oxygen atoms in total. The molecule has 1 aromatic carbocycles. The van der Waals surface area contributed by atoms with Crippen LogP contribution < -0.4 is 0 Å². The Bertz CT molecular complexity index is 919. The number of thiazole rings is 1. The van der Waals surface area contributed by atoms with Crippen molar-refractivity contribution in [1.82, 2.24) is 9.29 Å². The second-order valence-electron chi connectivity index (χ2n) is 7.83. The summed E-state index contributed by atoms with van der Waals surface area (Å²) in [5.74, 6) is -0.922. The average Bonchev–Trinajstić information content (AvgIpc) is 3.12. The quantitative estimate of drug-likeness (QED) is 0.833. The van der Waals surface area contributed by atoms with Gasteiger partial charge >= 0.3 is 5.97 Å². The van der Waals surface area contributed by atoms with Gasteiger partial charge in [-0.05, 0) is 36.0 Å². The zero-order chi connectivity index (χ0) is 19.8. The zero-order valence-corrected chi connectivity index (χ0v) is 17.3. The molecule has 3 rings (SSSR count). The number of hydrogen-bond donors (Lipinski definition) is 1. The van der Waals surface area contributed by atoms with Gasteiger partial charge in [-0.3, -0.25) is 0 Å². The van der Waals surface area contributed by atoms with Gasteiger partial charge in [-0.25, -0.2) is 18.2 Å². The summed E-state index contributed by atoms with van der Waals surface area (Å²) in [6.45, 7) is 7.10. The Morgan fingerprint density at radius 3 is 2.26 bits per heavy atom. The number of sulfonamides is 1. The van der Waals surface area contributed by atoms with Gasteiger partial charge in [0.05, 0.1) is 9.90 Å². The molecule has 0 aliphatic carbocycles. The third kappa shape index (κ3) is 4.23. The molecule has 1 N–H and O–H groups in total. The molecule has 0 amide bonds. The zero-order valence-electron chi connectivity index (χ0n) is 15.7. The van der Waals surface area contributed by atoms with E-state index in [1.54, 1.807) is 12.1 Å². The molecule has 0 atom stereocenters. The molecule has 146 valence electrons. The van der Waals surface area contributed by atoms with E-state index in [1.807, 2.05) is 12.1 Å². The summed E-state index contributed by atoms with van der Waals surface area (Å²) >= 11 is 1.33. The maximum atomic E-state index is 12.9. The smallest absolute Gasteiger partial charge is 0.355 e. The number of rotatable bonds is 4. The maximum absolute atomic E-state index is 12.9. The second-order valence-corrected chi connectivity index (χ2v) is 10.7. The summed E-state index contributed by atoms with van der Waals surface area (Å²) in [5, 5.41) is 11.3. The number of benzene rings is 1. The van der Waals surface area contributed by atoms with Gasteiger partial charge in [-0.1, -0.05) is 32.9 Å². The van der Waals surface area contributed by atoms with Crippen LogP contribution in [0.1, 0.15) is 60.6 Å². The summed E-state index contributed by atoms with van der Waals surface area (Å²) < 4.78 is 27.4. The van der Waals surface area contributed by atoms with Gasteiger partial charge in [0.15, 0.2) is 5.69 Å². The van der Waals surface area contributed by atoms with E-state index in [2.05, 4.69) is 25.8 Å². The Labute approximate surface area is 163 Å². The highest BCUT2D eigenvalue weighted by atomic mass is 32.2. The lowest BCUT2D eigenvalue weighted by Crippen LogP contribution is -2.37. The molecule has 8 heteroatoms. The van der Waals surface area contributed by atoms with Crippen molar-refractivity contribution in [3.63, 3.8) is 0 Å². The molecule has 0 saturated carbocycles. The van der Waals surface area contributed by atoms with Crippen LogP contribution in [0, 0.1) is 0 Å². The van der Waals surface area contributed by atoms with E-state index < -0.39 is 16.0 Å². The van der Waals surface area contributed by atoms with Crippen molar-refractivity contribution < 1.29 is 18.3 Å². The number of carbonyl (C=O) groups is 1. The summed E-state index contributed by atoms with van der Waals surface area (Å²) in [6.07, 6.45) is 1.29. The van der Waals surface area contributed by atoms with E-state index in [-0.39, 0.29) is 17.0 Å². The molecule has 1 aliphatic heterocycles. The molecule has 0 unspecified atom stereocenters. The van der Waals surface area contributed by atoms with Crippen LogP contribution in [0.4, 0.5) is 0 Å². The molecule has 27 heavy (non-hydrogen) atoms. The number of hydrogen-bond acceptors (Lipinski definition) is 5. The molecule has 1 aliphatic rings. The first-order chi connectivity index (χ1) is 12.6. The molecular weight excluding hydrogens is 384 g/mol. The largest absolute Gasteiger partial charge is 0.476 e. The van der Waals surface area contributed by atoms with Gasteiger partial charge in [0.25, 0.3) is 0 Å². The van der Waals surface area contributed by atoms with Crippen LogP contribution in [0.25, 0.3) is 0 Å². The topological polar surface area (TPSA) is 87.6 Å². The fourth-order valence-electron chi connectivity index (χ4n) is 3.19. The van der Waals surface area contributed by atoms with E-state index in [4.69, 9.17) is 5.11 Å². The van der Waals surface area contributed by atoms with Crippen molar-refractivity contribution in [1.29, 1.82) is 0 Å². The number of aromatic nitrogens is 1. The van der Waals surface area contributed by atoms with Crippen molar-refractivity contribution in [2.45, 2.75) is 49.8 Å². The molecule has 0 bridgehead atoms. The summed E-state index contributed by atoms with van der Waals surface area (Å²) in [5.41, 5.74) is 1.13. The molecule has 2 heterocycles. The van der Waals surface area contributed by atoms with Crippen molar-refractivity contribution in [2.24, 2.45) is 0 Å². The van der Waals surface area contributed by atoms with E-state index in [0.717, 1.165) is 10.6 Å². The molecule has 2 aromatic rings. The summed E-state index contributed by atoms with van der Waals surface area (Å²) in [7, 11) is -3.52. The van der Waals surface area contributed by atoms with E-state index >= 15 is 0 Å². The summed E-state index contributed by atoms with van der Waals surface area (Å²) in [6, 6.07) is 7.12. The van der Waals surface area contributed by atoms with Gasteiger partial charge in [0, 0.05) is 24.4 Å². The lowest BCUT2D eigenvalue weighted by atomic mass is 9.87. The number of nitrogens with zero attached hydrogens (tertiary/aromatic N) is 2. The van der Waals surface area contributed by atoms with Gasteiger partial charge < -0.3 is 5.11 Å². The fourth-order valence-corrected chi connectivity index (χ4v) is 5.63. The third-order valence-electron chi connectivity index (χ3n) is 4.90. The number of carboxylic acids is 1. The molecule has 0 spiro atoms. The third-order valence-corrected chi connectivity index (χ3v) is 7.82. The van der Waals surface area contributed by atoms with Gasteiger partial charge in [-0.2, -0.15) is 4.31 Å². The maximum Gasteiger partial charge on any atom is 0.355 e. The first-order valence-electron chi connectivity index (χ1n) is 8.88. The van der Waals surface area contributed by atoms with Gasteiger partial charge in [0.1, 0.15) is 0 Å². The number of piperidine rings is 1. The van der Waals surface area contributed by atoms with Crippen LogP contribution >= 0.6 is 11.3 Å². The van der Waals surface area contributed by atoms with Gasteiger partial charge in [0.2, 0.25) is 10.0 Å². The van der Waals surface area contributed by atoms with Crippen LogP contribution in [0.15, 0.2) is 34.5 Å². The van der Waals surface area contributed by atoms with Crippen molar-refractivity contribution in [2.75, 3.05) is 13.1 Å². The van der Waals surface area contributed by atoms with Crippen LogP contribution in [-0.2, 0) is 15.4 Å². The Morgan fingerprint density at radius 2 is 1.78 bits per heavy atom. The monoisotopic (exact) mass is 408 g/mol. The van der Waals surface area contributed by atoms with Crippen LogP contribution in [-0.4, -0.2) is 41.9 Å². The van der Waals surface area contributed by atoms with Gasteiger partial charge in [-0.15, -0.1) is 11.3 Å². The number of aromatic carboxylic acids is 1. The minimum Gasteiger partial charge on any atom is -0.476 e. The highest BCUT2D eigenvalue weighted by molar-refractivity contribution is 7.89. The van der Waals surface area contributed by atoms with E-state index in [0.29, 0.717) is 30.8 Å². The summed E-state index contributed by atoms with van der Waals surface area (Å²) in [4.78, 5) is 15.5. The highest BCUT2D eigenvalue weighted by Gasteiger charge is 2.31. The Morgan fingerprint density at radius 1 is 1.19 bits per heavy atom. The number of carboxylic acid groups (broad SMARTS) is 1. The van der Waals surface area contributed by atoms with Crippen LogP contribution in [0.5, 0.6) is 0 Å².